The molecule has 5 rings (SSSR count). The lowest BCUT2D eigenvalue weighted by molar-refractivity contribution is -0.131. The minimum absolute atomic E-state index is 0.0538. The summed E-state index contributed by atoms with van der Waals surface area (Å²) in [6, 6.07) is 17.8. The molecule has 1 aliphatic rings. The van der Waals surface area contributed by atoms with Gasteiger partial charge in [0.2, 0.25) is 5.78 Å². The van der Waals surface area contributed by atoms with Crippen LogP contribution in [-0.2, 0) is 9.59 Å². The van der Waals surface area contributed by atoms with Crippen LogP contribution in [0, 0.1) is 13.8 Å². The topological polar surface area (TPSA) is 106 Å². The monoisotopic (exact) mass is 511 g/mol. The SMILES string of the molecule is COc1cccc2cc(C(=O)C3=C(O)C(=O)N(c4ccc(C)c(C)c4)C3c3cccc(OC(C)=O)c3)oc12. The third-order valence-corrected chi connectivity index (χ3v) is 6.61. The second-order valence-electron chi connectivity index (χ2n) is 9.09. The van der Waals surface area contributed by atoms with E-state index < -0.39 is 29.5 Å². The number of rotatable bonds is 6. The van der Waals surface area contributed by atoms with Crippen LogP contribution in [0.3, 0.4) is 0 Å². The van der Waals surface area contributed by atoms with Gasteiger partial charge in [-0.1, -0.05) is 30.3 Å². The summed E-state index contributed by atoms with van der Waals surface area (Å²) in [5.74, 6) is -1.93. The first-order valence-corrected chi connectivity index (χ1v) is 11.9. The van der Waals surface area contributed by atoms with Crippen molar-refractivity contribution in [3.63, 3.8) is 0 Å². The molecular formula is C30H25NO7. The van der Waals surface area contributed by atoms with Gasteiger partial charge in [-0.3, -0.25) is 19.3 Å². The van der Waals surface area contributed by atoms with Gasteiger partial charge in [0.25, 0.3) is 5.91 Å². The van der Waals surface area contributed by atoms with E-state index in [0.717, 1.165) is 11.1 Å². The molecular weight excluding hydrogens is 486 g/mol. The average Bonchev–Trinajstić information content (AvgIpc) is 3.44. The zero-order chi connectivity index (χ0) is 27.1. The van der Waals surface area contributed by atoms with E-state index in [-0.39, 0.29) is 17.1 Å². The van der Waals surface area contributed by atoms with Crippen molar-refractivity contribution in [3.8, 4) is 11.5 Å². The fourth-order valence-corrected chi connectivity index (χ4v) is 4.65. The van der Waals surface area contributed by atoms with Crippen molar-refractivity contribution in [2.45, 2.75) is 26.8 Å². The van der Waals surface area contributed by atoms with E-state index in [0.29, 0.717) is 28.0 Å². The summed E-state index contributed by atoms with van der Waals surface area (Å²) in [4.78, 5) is 40.4. The Bertz CT molecular complexity index is 1650. The number of para-hydroxylation sites is 1. The standard InChI is InChI=1S/C30H25NO7/c1-16-11-12-21(13-17(16)2)31-26(19-7-5-9-22(14-19)37-18(3)32)25(28(34)30(31)35)27(33)24-15-20-8-6-10-23(36-4)29(20)38-24/h5-15,26,34H,1-4H3. The first-order chi connectivity index (χ1) is 18.2. The average molecular weight is 512 g/mol. The Morgan fingerprint density at radius 1 is 0.974 bits per heavy atom. The summed E-state index contributed by atoms with van der Waals surface area (Å²) >= 11 is 0. The molecule has 192 valence electrons. The summed E-state index contributed by atoms with van der Waals surface area (Å²) in [6.45, 7) is 5.14. The molecule has 1 atom stereocenters. The van der Waals surface area contributed by atoms with Crippen LogP contribution in [0.25, 0.3) is 11.0 Å². The van der Waals surface area contributed by atoms with Gasteiger partial charge < -0.3 is 19.0 Å². The number of ether oxygens (including phenoxy) is 2. The number of methoxy groups -OCH3 is 1. The van der Waals surface area contributed by atoms with Gasteiger partial charge in [-0.25, -0.2) is 0 Å². The number of carbonyl (C=O) groups is 3. The number of amides is 1. The predicted molar refractivity (Wildman–Crippen MR) is 141 cm³/mol. The quantitative estimate of drug-likeness (QED) is 0.199. The Balaban J connectivity index is 1.67. The number of benzene rings is 3. The number of nitrogens with zero attached hydrogens (tertiary/aromatic N) is 1. The Hall–Kier alpha value is -4.85. The van der Waals surface area contributed by atoms with Gasteiger partial charge in [0.05, 0.1) is 18.7 Å². The molecule has 1 aromatic heterocycles. The molecule has 1 aliphatic heterocycles. The van der Waals surface area contributed by atoms with Crippen LogP contribution < -0.4 is 14.4 Å². The molecule has 1 N–H and O–H groups in total. The predicted octanol–water partition coefficient (Wildman–Crippen LogP) is 5.77. The highest BCUT2D eigenvalue weighted by Gasteiger charge is 2.45. The number of furan rings is 1. The highest BCUT2D eigenvalue weighted by molar-refractivity contribution is 6.20. The molecule has 8 heteroatoms. The fourth-order valence-electron chi connectivity index (χ4n) is 4.65. The van der Waals surface area contributed by atoms with Gasteiger partial charge in [0.15, 0.2) is 22.9 Å². The Kier molecular flexibility index (Phi) is 6.24. The molecule has 1 unspecified atom stereocenters. The van der Waals surface area contributed by atoms with Gasteiger partial charge in [-0.2, -0.15) is 0 Å². The van der Waals surface area contributed by atoms with Gasteiger partial charge in [0.1, 0.15) is 5.75 Å². The minimum Gasteiger partial charge on any atom is -0.503 e. The van der Waals surface area contributed by atoms with Crippen molar-refractivity contribution in [1.82, 2.24) is 0 Å². The van der Waals surface area contributed by atoms with Gasteiger partial charge >= 0.3 is 5.97 Å². The maximum atomic E-state index is 13.9. The molecule has 2 heterocycles. The molecule has 3 aromatic carbocycles. The van der Waals surface area contributed by atoms with Gasteiger partial charge in [-0.05, 0) is 66.9 Å². The highest BCUT2D eigenvalue weighted by Crippen LogP contribution is 2.43. The molecule has 0 saturated heterocycles. The lowest BCUT2D eigenvalue weighted by Crippen LogP contribution is -2.31. The number of anilines is 1. The van der Waals surface area contributed by atoms with Crippen LogP contribution in [0.5, 0.6) is 11.5 Å². The lowest BCUT2D eigenvalue weighted by atomic mass is 9.94. The number of aryl methyl sites for hydroxylation is 2. The maximum Gasteiger partial charge on any atom is 0.308 e. The van der Waals surface area contributed by atoms with E-state index in [1.54, 1.807) is 54.6 Å². The summed E-state index contributed by atoms with van der Waals surface area (Å²) in [5.41, 5.74) is 3.16. The maximum absolute atomic E-state index is 13.9. The number of aliphatic hydroxyl groups excluding tert-OH is 1. The summed E-state index contributed by atoms with van der Waals surface area (Å²) in [7, 11) is 1.50. The molecule has 0 saturated carbocycles. The Morgan fingerprint density at radius 2 is 1.74 bits per heavy atom. The molecule has 0 spiro atoms. The van der Waals surface area contributed by atoms with E-state index in [9.17, 15) is 19.5 Å². The second-order valence-corrected chi connectivity index (χ2v) is 9.09. The Labute approximate surface area is 218 Å². The number of hydrogen-bond donors (Lipinski definition) is 1. The molecule has 0 aliphatic carbocycles. The first-order valence-electron chi connectivity index (χ1n) is 11.9. The van der Waals surface area contributed by atoms with Crippen molar-refractivity contribution in [2.75, 3.05) is 12.0 Å². The number of esters is 1. The molecule has 0 bridgehead atoms. The number of hydrogen-bond acceptors (Lipinski definition) is 7. The molecule has 1 amide bonds. The van der Waals surface area contributed by atoms with Crippen LogP contribution in [0.1, 0.15) is 40.2 Å². The van der Waals surface area contributed by atoms with Crippen molar-refractivity contribution < 1.29 is 33.4 Å². The zero-order valence-corrected chi connectivity index (χ0v) is 21.3. The number of fused-ring (bicyclic) bond motifs is 1. The number of Topliss-reactive ketones (excluding diaryl/α,β-unsaturated/α-hetero) is 1. The normalized spacial score (nSPS) is 15.3. The van der Waals surface area contributed by atoms with Gasteiger partial charge in [-0.15, -0.1) is 0 Å². The smallest absolute Gasteiger partial charge is 0.308 e. The van der Waals surface area contributed by atoms with E-state index in [1.165, 1.54) is 18.9 Å². The number of aliphatic hydroxyl groups is 1. The summed E-state index contributed by atoms with van der Waals surface area (Å²) in [5, 5.41) is 11.7. The van der Waals surface area contributed by atoms with E-state index in [2.05, 4.69) is 0 Å². The van der Waals surface area contributed by atoms with Crippen molar-refractivity contribution >= 4 is 34.3 Å². The van der Waals surface area contributed by atoms with E-state index in [1.807, 2.05) is 26.0 Å². The fraction of sp³-hybridized carbons (Fsp3) is 0.167. The van der Waals surface area contributed by atoms with Crippen LogP contribution in [0.15, 0.2) is 82.5 Å². The zero-order valence-electron chi connectivity index (χ0n) is 21.3. The van der Waals surface area contributed by atoms with Crippen molar-refractivity contribution in [3.05, 3.63) is 101 Å². The first kappa shape index (κ1) is 24.8. The molecule has 4 aromatic rings. The lowest BCUT2D eigenvalue weighted by Gasteiger charge is -2.27. The largest absolute Gasteiger partial charge is 0.503 e. The van der Waals surface area contributed by atoms with Gasteiger partial charge in [0, 0.05) is 18.0 Å². The van der Waals surface area contributed by atoms with Crippen LogP contribution in [-0.4, -0.2) is 29.9 Å². The summed E-state index contributed by atoms with van der Waals surface area (Å²) in [6.07, 6.45) is 0. The van der Waals surface area contributed by atoms with Crippen LogP contribution >= 0.6 is 0 Å². The molecule has 38 heavy (non-hydrogen) atoms. The van der Waals surface area contributed by atoms with E-state index >= 15 is 0 Å². The molecule has 0 radical (unpaired) electrons. The van der Waals surface area contributed by atoms with E-state index in [4.69, 9.17) is 13.9 Å². The molecule has 0 fully saturated rings. The Morgan fingerprint density at radius 3 is 2.45 bits per heavy atom. The number of ketones is 1. The van der Waals surface area contributed by atoms with Crippen molar-refractivity contribution in [1.29, 1.82) is 0 Å². The summed E-state index contributed by atoms with van der Waals surface area (Å²) < 4.78 is 16.5. The third-order valence-electron chi connectivity index (χ3n) is 6.61. The third kappa shape index (κ3) is 4.20. The van der Waals surface area contributed by atoms with Crippen molar-refractivity contribution in [2.24, 2.45) is 0 Å². The highest BCUT2D eigenvalue weighted by atomic mass is 16.5. The second kappa shape index (κ2) is 9.55. The molecule has 8 nitrogen and oxygen atoms in total. The number of carbonyl (C=O) groups excluding carboxylic acids is 3. The van der Waals surface area contributed by atoms with Crippen LogP contribution in [0.4, 0.5) is 5.69 Å². The van der Waals surface area contributed by atoms with Crippen LogP contribution in [0.2, 0.25) is 0 Å². The minimum atomic E-state index is -1.01.